The predicted octanol–water partition coefficient (Wildman–Crippen LogP) is 2.85. The lowest BCUT2D eigenvalue weighted by molar-refractivity contribution is -0.139. The maximum absolute atomic E-state index is 11.2. The predicted molar refractivity (Wildman–Crippen MR) is 54.4 cm³/mol. The molecule has 0 amide bonds. The van der Waals surface area contributed by atoms with E-state index in [0.717, 1.165) is 18.4 Å². The van der Waals surface area contributed by atoms with E-state index >= 15 is 0 Å². The molecule has 0 heterocycles. The Kier molecular flexibility index (Phi) is 5.94. The second kappa shape index (κ2) is 6.46. The van der Waals surface area contributed by atoms with Crippen LogP contribution in [-0.4, -0.2) is 12.6 Å². The van der Waals surface area contributed by atoms with Gasteiger partial charge in [-0.2, -0.15) is 0 Å². The lowest BCUT2D eigenvalue weighted by Gasteiger charge is -2.04. The minimum Gasteiger partial charge on any atom is -0.462 e. The van der Waals surface area contributed by atoms with E-state index in [1.165, 1.54) is 0 Å². The molecular weight excluding hydrogens is 164 g/mol. The van der Waals surface area contributed by atoms with Gasteiger partial charge in [0.25, 0.3) is 0 Å². The molecule has 0 unspecified atom stereocenters. The van der Waals surface area contributed by atoms with Crippen molar-refractivity contribution in [2.75, 3.05) is 6.61 Å². The highest BCUT2D eigenvalue weighted by atomic mass is 16.5. The lowest BCUT2D eigenvalue weighted by Crippen LogP contribution is -2.07. The zero-order valence-electron chi connectivity index (χ0n) is 8.72. The zero-order valence-corrected chi connectivity index (χ0v) is 8.72. The Morgan fingerprint density at radius 2 is 2.00 bits per heavy atom. The summed E-state index contributed by atoms with van der Waals surface area (Å²) >= 11 is 0. The monoisotopic (exact) mass is 182 g/mol. The molecule has 0 aromatic carbocycles. The van der Waals surface area contributed by atoms with Gasteiger partial charge in [-0.15, -0.1) is 6.58 Å². The van der Waals surface area contributed by atoms with Crippen molar-refractivity contribution >= 4 is 5.97 Å². The van der Waals surface area contributed by atoms with Gasteiger partial charge in [0.1, 0.15) is 0 Å². The number of allylic oxidation sites excluding steroid dienone is 2. The summed E-state index contributed by atoms with van der Waals surface area (Å²) in [4.78, 5) is 11.2. The number of rotatable bonds is 5. The van der Waals surface area contributed by atoms with Crippen molar-refractivity contribution in [3.63, 3.8) is 0 Å². The summed E-state index contributed by atoms with van der Waals surface area (Å²) in [6.45, 7) is 9.66. The summed E-state index contributed by atoms with van der Waals surface area (Å²) in [6.07, 6.45) is 3.56. The van der Waals surface area contributed by atoms with Crippen molar-refractivity contribution in [1.29, 1.82) is 0 Å². The number of carbonyl (C=O) groups is 1. The molecule has 0 aromatic rings. The molecule has 0 rings (SSSR count). The fraction of sp³-hybridized carbons (Fsp3) is 0.545. The molecule has 0 aliphatic heterocycles. The van der Waals surface area contributed by atoms with Crippen molar-refractivity contribution in [3.05, 3.63) is 23.8 Å². The molecule has 0 saturated carbocycles. The molecule has 0 atom stereocenters. The van der Waals surface area contributed by atoms with Crippen LogP contribution in [0.3, 0.4) is 0 Å². The second-order valence-corrected chi connectivity index (χ2v) is 3.19. The first-order chi connectivity index (χ1) is 6.09. The highest BCUT2D eigenvalue weighted by Crippen LogP contribution is 2.04. The number of ether oxygens (including phenoxy) is 1. The maximum atomic E-state index is 11.2. The molecule has 0 spiro atoms. The van der Waals surface area contributed by atoms with Gasteiger partial charge in [0.05, 0.1) is 6.61 Å². The van der Waals surface area contributed by atoms with E-state index in [0.29, 0.717) is 12.2 Å². The highest BCUT2D eigenvalue weighted by Gasteiger charge is 2.05. The van der Waals surface area contributed by atoms with Crippen molar-refractivity contribution < 1.29 is 9.53 Å². The third-order valence-electron chi connectivity index (χ3n) is 1.84. The molecule has 2 heteroatoms. The Hall–Kier alpha value is -1.05. The number of hydrogen-bond acceptors (Lipinski definition) is 2. The van der Waals surface area contributed by atoms with Gasteiger partial charge in [0.2, 0.25) is 0 Å². The number of carbonyl (C=O) groups excluding carboxylic acids is 1. The largest absolute Gasteiger partial charge is 0.462 e. The van der Waals surface area contributed by atoms with Gasteiger partial charge in [0, 0.05) is 5.57 Å². The molecule has 0 saturated heterocycles. The first kappa shape index (κ1) is 11.9. The smallest absolute Gasteiger partial charge is 0.333 e. The molecule has 0 fully saturated rings. The number of esters is 1. The van der Waals surface area contributed by atoms with Crippen LogP contribution in [-0.2, 0) is 9.53 Å². The summed E-state index contributed by atoms with van der Waals surface area (Å²) in [5, 5.41) is 0. The summed E-state index contributed by atoms with van der Waals surface area (Å²) in [5.41, 5.74) is 1.72. The van der Waals surface area contributed by atoms with Crippen LogP contribution in [0.1, 0.15) is 33.6 Å². The molecule has 0 aliphatic carbocycles. The Balaban J connectivity index is 3.76. The minimum absolute atomic E-state index is 0.205. The third-order valence-corrected chi connectivity index (χ3v) is 1.84. The first-order valence-electron chi connectivity index (χ1n) is 4.51. The first-order valence-corrected chi connectivity index (χ1v) is 4.51. The van der Waals surface area contributed by atoms with Gasteiger partial charge in [-0.3, -0.25) is 0 Å². The van der Waals surface area contributed by atoms with Crippen LogP contribution in [0, 0.1) is 0 Å². The van der Waals surface area contributed by atoms with Gasteiger partial charge < -0.3 is 4.74 Å². The minimum atomic E-state index is -0.205. The molecule has 0 bridgehead atoms. The van der Waals surface area contributed by atoms with E-state index in [4.69, 9.17) is 4.74 Å². The molecule has 2 nitrogen and oxygen atoms in total. The summed E-state index contributed by atoms with van der Waals surface area (Å²) in [5.74, 6) is -0.205. The van der Waals surface area contributed by atoms with E-state index in [2.05, 4.69) is 6.58 Å². The third kappa shape index (κ3) is 5.23. The molecular formula is C11H18O2. The standard InChI is InChI=1S/C11H18O2/c1-5-6-7-8-13-11(12)10(4)9(2)3/h5H,1,6-8H2,2-4H3. The van der Waals surface area contributed by atoms with Crippen molar-refractivity contribution in [1.82, 2.24) is 0 Å². The quantitative estimate of drug-likeness (QED) is 0.283. The lowest BCUT2D eigenvalue weighted by atomic mass is 10.2. The van der Waals surface area contributed by atoms with Crippen LogP contribution >= 0.6 is 0 Å². The molecule has 13 heavy (non-hydrogen) atoms. The van der Waals surface area contributed by atoms with Crippen LogP contribution in [0.15, 0.2) is 23.8 Å². The molecule has 0 aromatic heterocycles. The van der Waals surface area contributed by atoms with Crippen LogP contribution in [0.2, 0.25) is 0 Å². The number of hydrogen-bond donors (Lipinski definition) is 0. The van der Waals surface area contributed by atoms with Gasteiger partial charge in [0.15, 0.2) is 0 Å². The Labute approximate surface area is 80.3 Å². The summed E-state index contributed by atoms with van der Waals surface area (Å²) in [7, 11) is 0. The van der Waals surface area contributed by atoms with E-state index in [9.17, 15) is 4.79 Å². The van der Waals surface area contributed by atoms with E-state index < -0.39 is 0 Å². The van der Waals surface area contributed by atoms with Crippen LogP contribution in [0.5, 0.6) is 0 Å². The molecule has 0 N–H and O–H groups in total. The highest BCUT2D eigenvalue weighted by molar-refractivity contribution is 5.88. The molecule has 74 valence electrons. The topological polar surface area (TPSA) is 26.3 Å². The van der Waals surface area contributed by atoms with Crippen LogP contribution < -0.4 is 0 Å². The van der Waals surface area contributed by atoms with Crippen molar-refractivity contribution in [3.8, 4) is 0 Å². The number of unbranched alkanes of at least 4 members (excludes halogenated alkanes) is 1. The van der Waals surface area contributed by atoms with Gasteiger partial charge in [-0.05, 0) is 33.6 Å². The van der Waals surface area contributed by atoms with Crippen molar-refractivity contribution in [2.45, 2.75) is 33.6 Å². The Bertz CT molecular complexity index is 210. The van der Waals surface area contributed by atoms with E-state index in [1.807, 2.05) is 19.9 Å². The van der Waals surface area contributed by atoms with E-state index in [-0.39, 0.29) is 5.97 Å². The van der Waals surface area contributed by atoms with Crippen LogP contribution in [0.25, 0.3) is 0 Å². The van der Waals surface area contributed by atoms with Gasteiger partial charge >= 0.3 is 5.97 Å². The average Bonchev–Trinajstić information content (AvgIpc) is 2.10. The van der Waals surface area contributed by atoms with Gasteiger partial charge in [-0.1, -0.05) is 11.6 Å². The van der Waals surface area contributed by atoms with Gasteiger partial charge in [-0.25, -0.2) is 4.79 Å². The van der Waals surface area contributed by atoms with Crippen molar-refractivity contribution in [2.24, 2.45) is 0 Å². The fourth-order valence-corrected chi connectivity index (χ4v) is 0.705. The Morgan fingerprint density at radius 1 is 1.38 bits per heavy atom. The Morgan fingerprint density at radius 3 is 2.46 bits per heavy atom. The van der Waals surface area contributed by atoms with E-state index in [1.54, 1.807) is 6.92 Å². The SMILES string of the molecule is C=CCCCOC(=O)C(C)=C(C)C. The normalized spacial score (nSPS) is 9.15. The molecule has 0 aliphatic rings. The summed E-state index contributed by atoms with van der Waals surface area (Å²) in [6, 6.07) is 0. The summed E-state index contributed by atoms with van der Waals surface area (Å²) < 4.78 is 5.02. The fourth-order valence-electron chi connectivity index (χ4n) is 0.705. The zero-order chi connectivity index (χ0) is 10.3. The molecule has 0 radical (unpaired) electrons. The average molecular weight is 182 g/mol. The second-order valence-electron chi connectivity index (χ2n) is 3.19. The van der Waals surface area contributed by atoms with Crippen LogP contribution in [0.4, 0.5) is 0 Å². The maximum Gasteiger partial charge on any atom is 0.333 e.